The van der Waals surface area contributed by atoms with Gasteiger partial charge in [-0.3, -0.25) is 0 Å². The molecule has 0 N–H and O–H groups in total. The van der Waals surface area contributed by atoms with Gasteiger partial charge in [0.05, 0.1) is 0 Å². The molecular formula is H3BCrSiTi. The molecule has 0 spiro atoms. The molecular weight excluding hydrogens is 139 g/mol. The molecule has 0 aromatic heterocycles. The third-order valence-electron chi connectivity index (χ3n) is 0. The molecule has 0 nitrogen and oxygen atoms in total. The van der Waals surface area contributed by atoms with E-state index in [-0.39, 0.29) is 39.1 Å². The first-order valence-corrected chi connectivity index (χ1v) is 1.73. The van der Waals surface area contributed by atoms with Crippen LogP contribution in [0.4, 0.5) is 0 Å². The molecule has 0 aliphatic rings. The Morgan fingerprint density at radius 2 is 1.25 bits per heavy atom. The zero-order valence-corrected chi connectivity index (χ0v) is 7.32. The van der Waals surface area contributed by atoms with Crippen LogP contribution < -0.4 is 0 Å². The van der Waals surface area contributed by atoms with E-state index in [4.69, 9.17) is 0 Å². The van der Waals surface area contributed by atoms with Gasteiger partial charge in [-0.1, -0.05) is 0 Å². The normalized spacial score (nSPS) is 2.00. The fraction of sp³-hybridized carbons (Fsp3) is 0. The van der Waals surface area contributed by atoms with Crippen LogP contribution in [0.5, 0.6) is 0 Å². The molecule has 4 heavy (non-hydrogen) atoms. The van der Waals surface area contributed by atoms with Crippen LogP contribution >= 0.6 is 0 Å². The van der Waals surface area contributed by atoms with Crippen molar-refractivity contribution in [3.8, 4) is 0 Å². The summed E-state index contributed by atoms with van der Waals surface area (Å²) in [4.78, 5) is 0. The molecule has 4 heteroatoms. The minimum absolute atomic E-state index is 0. The predicted molar refractivity (Wildman–Crippen MR) is 15.7 cm³/mol. The van der Waals surface area contributed by atoms with Crippen molar-refractivity contribution in [1.29, 1.82) is 0 Å². The first-order chi connectivity index (χ1) is 1.00. The molecule has 2 radical (unpaired) electrons. The average molecular weight is 142 g/mol. The molecule has 0 atom stereocenters. The van der Waals surface area contributed by atoms with Crippen molar-refractivity contribution < 1.29 is 39.1 Å². The van der Waals surface area contributed by atoms with E-state index in [0.29, 0.717) is 0 Å². The van der Waals surface area contributed by atoms with E-state index in [9.17, 15) is 0 Å². The maximum atomic E-state index is 4.64. The summed E-state index contributed by atoms with van der Waals surface area (Å²) in [5.41, 5.74) is 0. The van der Waals surface area contributed by atoms with Gasteiger partial charge in [-0.2, -0.15) is 0 Å². The van der Waals surface area contributed by atoms with E-state index in [1.165, 1.54) is 0 Å². The Hall–Kier alpha value is 1.53. The van der Waals surface area contributed by atoms with Crippen LogP contribution in [0.15, 0.2) is 0 Å². The van der Waals surface area contributed by atoms with Gasteiger partial charge in [-0.25, -0.2) is 0 Å². The SMILES string of the molecule is [B][SiH3].[Cr].[Ti]. The monoisotopic (exact) mass is 142 g/mol. The van der Waals surface area contributed by atoms with Crippen LogP contribution in [0.2, 0.25) is 0 Å². The topological polar surface area (TPSA) is 0 Å². The first-order valence-electron chi connectivity index (χ1n) is 0.577. The van der Waals surface area contributed by atoms with E-state index in [0.717, 1.165) is 10.1 Å². The largest absolute Gasteiger partial charge is 0.0434 e. The fourth-order valence-electron chi connectivity index (χ4n) is 0. The van der Waals surface area contributed by atoms with Crippen molar-refractivity contribution in [2.45, 2.75) is 0 Å². The Kier molecular flexibility index (Phi) is 107. The van der Waals surface area contributed by atoms with E-state index >= 15 is 0 Å². The number of hydrogen-bond donors (Lipinski definition) is 0. The van der Waals surface area contributed by atoms with Gasteiger partial charge in [-0.15, -0.1) is 0 Å². The van der Waals surface area contributed by atoms with Crippen LogP contribution in [0.25, 0.3) is 0 Å². The van der Waals surface area contributed by atoms with Crippen LogP contribution in [-0.4, -0.2) is 17.6 Å². The van der Waals surface area contributed by atoms with Crippen LogP contribution in [0.1, 0.15) is 0 Å². The van der Waals surface area contributed by atoms with Crippen molar-refractivity contribution in [2.24, 2.45) is 0 Å². The van der Waals surface area contributed by atoms with Gasteiger partial charge >= 0.3 is 0 Å². The molecule has 0 saturated heterocycles. The summed E-state index contributed by atoms with van der Waals surface area (Å²) in [5, 5.41) is 0. The second-order valence-electron chi connectivity index (χ2n) is 0. The molecule has 0 aliphatic carbocycles. The molecule has 0 rings (SSSR count). The summed E-state index contributed by atoms with van der Waals surface area (Å²) in [6.07, 6.45) is 0. The van der Waals surface area contributed by atoms with Crippen LogP contribution in [-0.2, 0) is 39.1 Å². The predicted octanol–water partition coefficient (Wildman–Crippen LogP) is -1.57. The Bertz CT molecular complexity index is 8.00. The van der Waals surface area contributed by atoms with Crippen molar-refractivity contribution >= 4 is 17.6 Å². The van der Waals surface area contributed by atoms with Gasteiger partial charge in [0.1, 0.15) is 0 Å². The second-order valence-corrected chi connectivity index (χ2v) is 0. The maximum absolute atomic E-state index is 4.64. The molecule has 0 saturated carbocycles. The van der Waals surface area contributed by atoms with Gasteiger partial charge in [0, 0.05) is 46.5 Å². The number of hydrogen-bond acceptors (Lipinski definition) is 0. The Balaban J connectivity index is -0.00000000500. The van der Waals surface area contributed by atoms with Gasteiger partial charge in [0.2, 0.25) is 0 Å². The number of rotatable bonds is 0. The van der Waals surface area contributed by atoms with E-state index in [1.807, 2.05) is 0 Å². The van der Waals surface area contributed by atoms with Gasteiger partial charge in [0.25, 0.3) is 0 Å². The van der Waals surface area contributed by atoms with Crippen molar-refractivity contribution in [1.82, 2.24) is 0 Å². The average Bonchev–Trinajstić information content (AvgIpc) is 1.00. The molecule has 0 aromatic rings. The molecule has 0 heterocycles. The first kappa shape index (κ1) is 17.7. The molecule has 0 fully saturated rings. The summed E-state index contributed by atoms with van der Waals surface area (Å²) in [6, 6.07) is 0. The Morgan fingerprint density at radius 3 is 1.25 bits per heavy atom. The molecule has 0 aromatic carbocycles. The van der Waals surface area contributed by atoms with Gasteiger partial charge < -0.3 is 0 Å². The van der Waals surface area contributed by atoms with Crippen LogP contribution in [0, 0.1) is 0 Å². The zero-order valence-electron chi connectivity index (χ0n) is 2.49. The maximum Gasteiger partial charge on any atom is 0.0434 e. The van der Waals surface area contributed by atoms with E-state index in [2.05, 4.69) is 7.44 Å². The summed E-state index contributed by atoms with van der Waals surface area (Å²) >= 11 is 0. The van der Waals surface area contributed by atoms with Gasteiger partial charge in [0.15, 0.2) is 0 Å². The second kappa shape index (κ2) is 24.1. The molecule has 20 valence electrons. The molecule has 0 unspecified atom stereocenters. The fourth-order valence-corrected chi connectivity index (χ4v) is 0. The zero-order chi connectivity index (χ0) is 2.00. The summed E-state index contributed by atoms with van der Waals surface area (Å²) in [5.74, 6) is 0. The summed E-state index contributed by atoms with van der Waals surface area (Å²) < 4.78 is 0. The minimum atomic E-state index is 0. The Labute approximate surface area is 56.5 Å². The minimum Gasteiger partial charge on any atom is -0.0388 e. The molecule has 0 bridgehead atoms. The summed E-state index contributed by atoms with van der Waals surface area (Å²) in [7, 11) is 5.44. The van der Waals surface area contributed by atoms with Crippen molar-refractivity contribution in [2.75, 3.05) is 0 Å². The third-order valence-corrected chi connectivity index (χ3v) is 0. The van der Waals surface area contributed by atoms with Crippen LogP contribution in [0.3, 0.4) is 0 Å². The van der Waals surface area contributed by atoms with E-state index in [1.54, 1.807) is 0 Å². The third kappa shape index (κ3) is 9.66. The van der Waals surface area contributed by atoms with Gasteiger partial charge in [-0.05, 0) is 10.1 Å². The van der Waals surface area contributed by atoms with E-state index < -0.39 is 0 Å². The van der Waals surface area contributed by atoms with Crippen molar-refractivity contribution in [3.63, 3.8) is 0 Å². The molecule has 0 amide bonds. The van der Waals surface area contributed by atoms with Crippen molar-refractivity contribution in [3.05, 3.63) is 0 Å². The smallest absolute Gasteiger partial charge is 0.0388 e. The quantitative estimate of drug-likeness (QED) is 0.358. The summed E-state index contributed by atoms with van der Waals surface area (Å²) in [6.45, 7) is 0. The standard InChI is InChI=1S/BH3Si.Cr.Ti/c1-2;;/h2H3;;. The molecule has 0 aliphatic heterocycles. The Morgan fingerprint density at radius 1 is 1.25 bits per heavy atom.